The van der Waals surface area contributed by atoms with E-state index in [1.54, 1.807) is 9.58 Å². The van der Waals surface area contributed by atoms with Crippen molar-refractivity contribution in [3.8, 4) is 0 Å². The first kappa shape index (κ1) is 29.9. The summed E-state index contributed by atoms with van der Waals surface area (Å²) < 4.78 is 1.80. The van der Waals surface area contributed by atoms with Gasteiger partial charge in [-0.05, 0) is 67.9 Å². The Morgan fingerprint density at radius 1 is 0.952 bits per heavy atom. The molecule has 0 radical (unpaired) electrons. The number of anilines is 1. The zero-order valence-corrected chi connectivity index (χ0v) is 25.5. The number of carbonyl (C=O) groups is 2. The second-order valence-corrected chi connectivity index (χ2v) is 11.6. The second-order valence-electron chi connectivity index (χ2n) is 10.8. The number of nitrogens with zero attached hydrogens (tertiary/aromatic N) is 5. The molecule has 10 heteroatoms. The van der Waals surface area contributed by atoms with Gasteiger partial charge >= 0.3 is 0 Å². The second kappa shape index (κ2) is 13.6. The van der Waals surface area contributed by atoms with Gasteiger partial charge in [0.15, 0.2) is 0 Å². The van der Waals surface area contributed by atoms with Crippen molar-refractivity contribution in [2.75, 3.05) is 56.6 Å². The van der Waals surface area contributed by atoms with Gasteiger partial charge in [-0.1, -0.05) is 59.6 Å². The minimum Gasteiger partial charge on any atom is -0.341 e. The van der Waals surface area contributed by atoms with Gasteiger partial charge in [-0.2, -0.15) is 0 Å². The predicted molar refractivity (Wildman–Crippen MR) is 170 cm³/mol. The Morgan fingerprint density at radius 2 is 1.71 bits per heavy atom. The maximum absolute atomic E-state index is 13.1. The standard InChI is InChI=1S/C32H36Cl2N6O2/c1-23(41)36-40-30-12-7-6-11-29(30)35-32(40)39-17-8-16-38(19-20-39)18-15-26(25-13-14-27(33)28(34)21-25)22-37(2)31(42)24-9-4-3-5-10-24/h3-7,9-14,21,26H,8,15-20,22H2,1-2H3,(H,36,41). The molecule has 0 bridgehead atoms. The van der Waals surface area contributed by atoms with Gasteiger partial charge < -0.3 is 14.7 Å². The lowest BCUT2D eigenvalue weighted by Gasteiger charge is -2.28. The maximum Gasteiger partial charge on any atom is 0.253 e. The summed E-state index contributed by atoms with van der Waals surface area (Å²) >= 11 is 12.6. The van der Waals surface area contributed by atoms with E-state index >= 15 is 0 Å². The summed E-state index contributed by atoms with van der Waals surface area (Å²) in [5.74, 6) is 0.691. The predicted octanol–water partition coefficient (Wildman–Crippen LogP) is 5.89. The Bertz CT molecular complexity index is 1540. The van der Waals surface area contributed by atoms with Crippen LogP contribution in [0.15, 0.2) is 72.8 Å². The first-order valence-electron chi connectivity index (χ1n) is 14.3. The molecule has 220 valence electrons. The number of rotatable bonds is 9. The van der Waals surface area contributed by atoms with Crippen LogP contribution in [0, 0.1) is 0 Å². The number of halogens is 2. The Hall–Kier alpha value is -3.59. The number of benzene rings is 3. The van der Waals surface area contributed by atoms with E-state index in [0.29, 0.717) is 22.2 Å². The van der Waals surface area contributed by atoms with Crippen LogP contribution >= 0.6 is 23.2 Å². The zero-order valence-electron chi connectivity index (χ0n) is 24.0. The highest BCUT2D eigenvalue weighted by Crippen LogP contribution is 2.30. The van der Waals surface area contributed by atoms with Gasteiger partial charge in [-0.25, -0.2) is 9.66 Å². The van der Waals surface area contributed by atoms with Gasteiger partial charge in [-0.15, -0.1) is 0 Å². The van der Waals surface area contributed by atoms with Crippen molar-refractivity contribution >= 4 is 52.0 Å². The van der Waals surface area contributed by atoms with E-state index in [0.717, 1.165) is 68.1 Å². The molecule has 1 N–H and O–H groups in total. The highest BCUT2D eigenvalue weighted by Gasteiger charge is 2.24. The number of amides is 2. The molecule has 1 atom stereocenters. The molecule has 0 spiro atoms. The third kappa shape index (κ3) is 7.06. The van der Waals surface area contributed by atoms with Crippen LogP contribution < -0.4 is 10.3 Å². The molecule has 2 amide bonds. The van der Waals surface area contributed by atoms with Gasteiger partial charge in [-0.3, -0.25) is 15.0 Å². The Labute approximate surface area is 256 Å². The molecule has 1 fully saturated rings. The largest absolute Gasteiger partial charge is 0.341 e. The fourth-order valence-corrected chi connectivity index (χ4v) is 5.88. The molecule has 8 nitrogen and oxygen atoms in total. The molecule has 5 rings (SSSR count). The van der Waals surface area contributed by atoms with Gasteiger partial charge in [0.2, 0.25) is 11.9 Å². The highest BCUT2D eigenvalue weighted by atomic mass is 35.5. The van der Waals surface area contributed by atoms with Crippen molar-refractivity contribution in [1.82, 2.24) is 19.5 Å². The Kier molecular flexibility index (Phi) is 9.67. The molecule has 1 aliphatic heterocycles. The number of likely N-dealkylation sites (N-methyl/N-ethyl adjacent to an activating group) is 1. The molecule has 1 saturated heterocycles. The summed E-state index contributed by atoms with van der Waals surface area (Å²) in [7, 11) is 1.85. The zero-order chi connectivity index (χ0) is 29.6. The molecule has 1 aliphatic rings. The van der Waals surface area contributed by atoms with Gasteiger partial charge in [0.25, 0.3) is 5.91 Å². The van der Waals surface area contributed by atoms with E-state index in [-0.39, 0.29) is 17.7 Å². The van der Waals surface area contributed by atoms with Crippen LogP contribution in [0.25, 0.3) is 11.0 Å². The van der Waals surface area contributed by atoms with Crippen LogP contribution in [-0.4, -0.2) is 77.6 Å². The van der Waals surface area contributed by atoms with Gasteiger partial charge in [0, 0.05) is 51.6 Å². The summed E-state index contributed by atoms with van der Waals surface area (Å²) in [6.07, 6.45) is 1.82. The highest BCUT2D eigenvalue weighted by molar-refractivity contribution is 6.42. The summed E-state index contributed by atoms with van der Waals surface area (Å²) in [5, 5.41) is 1.04. The maximum atomic E-state index is 13.1. The van der Waals surface area contributed by atoms with Crippen molar-refractivity contribution in [3.05, 3.63) is 94.0 Å². The average Bonchev–Trinajstić information content (AvgIpc) is 3.17. The summed E-state index contributed by atoms with van der Waals surface area (Å²) in [6.45, 7) is 6.37. The van der Waals surface area contributed by atoms with Crippen molar-refractivity contribution in [3.63, 3.8) is 0 Å². The lowest BCUT2D eigenvalue weighted by molar-refractivity contribution is -0.115. The fraction of sp³-hybridized carbons (Fsp3) is 0.344. The quantitative estimate of drug-likeness (QED) is 0.257. The number of para-hydroxylation sites is 2. The molecule has 4 aromatic rings. The van der Waals surface area contributed by atoms with E-state index < -0.39 is 0 Å². The van der Waals surface area contributed by atoms with Crippen LogP contribution in [0.4, 0.5) is 5.95 Å². The molecule has 0 aliphatic carbocycles. The topological polar surface area (TPSA) is 73.7 Å². The van der Waals surface area contributed by atoms with Crippen molar-refractivity contribution < 1.29 is 9.59 Å². The van der Waals surface area contributed by atoms with E-state index in [1.807, 2.05) is 79.8 Å². The Morgan fingerprint density at radius 3 is 2.48 bits per heavy atom. The van der Waals surface area contributed by atoms with E-state index in [4.69, 9.17) is 28.2 Å². The number of aromatic nitrogens is 2. The van der Waals surface area contributed by atoms with Crippen LogP contribution in [0.2, 0.25) is 10.0 Å². The smallest absolute Gasteiger partial charge is 0.253 e. The lowest BCUT2D eigenvalue weighted by atomic mass is 9.94. The molecule has 1 unspecified atom stereocenters. The number of imidazole rings is 1. The number of carbonyl (C=O) groups excluding carboxylic acids is 2. The SMILES string of the molecule is CC(=O)Nn1c(N2CCCN(CCC(CN(C)C(=O)c3ccccc3)c3ccc(Cl)c(Cl)c3)CC2)nc2ccccc21. The van der Waals surface area contributed by atoms with Gasteiger partial charge in [0.05, 0.1) is 21.1 Å². The molecular formula is C32H36Cl2N6O2. The molecule has 1 aromatic heterocycles. The summed E-state index contributed by atoms with van der Waals surface area (Å²) in [5.41, 5.74) is 6.40. The third-order valence-electron chi connectivity index (χ3n) is 7.75. The minimum absolute atomic E-state index is 0.00636. The summed E-state index contributed by atoms with van der Waals surface area (Å²) in [4.78, 5) is 36.5. The number of nitrogens with one attached hydrogen (secondary N) is 1. The first-order valence-corrected chi connectivity index (χ1v) is 15.0. The lowest BCUT2D eigenvalue weighted by Crippen LogP contribution is -2.35. The van der Waals surface area contributed by atoms with E-state index in [2.05, 4.69) is 15.2 Å². The van der Waals surface area contributed by atoms with Crippen molar-refractivity contribution in [2.24, 2.45) is 0 Å². The molecule has 3 aromatic carbocycles. The first-order chi connectivity index (χ1) is 20.3. The van der Waals surface area contributed by atoms with Crippen LogP contribution in [-0.2, 0) is 4.79 Å². The van der Waals surface area contributed by atoms with Crippen molar-refractivity contribution in [2.45, 2.75) is 25.7 Å². The van der Waals surface area contributed by atoms with Crippen LogP contribution in [0.1, 0.15) is 41.6 Å². The minimum atomic E-state index is -0.139. The van der Waals surface area contributed by atoms with Crippen molar-refractivity contribution in [1.29, 1.82) is 0 Å². The van der Waals surface area contributed by atoms with Crippen LogP contribution in [0.3, 0.4) is 0 Å². The normalized spacial score (nSPS) is 14.9. The van der Waals surface area contributed by atoms with E-state index in [9.17, 15) is 9.59 Å². The van der Waals surface area contributed by atoms with Gasteiger partial charge in [0.1, 0.15) is 0 Å². The summed E-state index contributed by atoms with van der Waals surface area (Å²) in [6, 6.07) is 23.0. The van der Waals surface area contributed by atoms with Crippen LogP contribution in [0.5, 0.6) is 0 Å². The fourth-order valence-electron chi connectivity index (χ4n) is 5.57. The number of hydrogen-bond donors (Lipinski definition) is 1. The Balaban J connectivity index is 1.28. The molecule has 42 heavy (non-hydrogen) atoms. The molecule has 0 saturated carbocycles. The molecule has 2 heterocycles. The van der Waals surface area contributed by atoms with E-state index in [1.165, 1.54) is 6.92 Å². The molecular weight excluding hydrogens is 571 g/mol. The number of fused-ring (bicyclic) bond motifs is 1. The third-order valence-corrected chi connectivity index (χ3v) is 8.49. The monoisotopic (exact) mass is 606 g/mol. The number of hydrogen-bond acceptors (Lipinski definition) is 5. The average molecular weight is 608 g/mol.